The van der Waals surface area contributed by atoms with E-state index in [9.17, 15) is 9.90 Å². The van der Waals surface area contributed by atoms with E-state index in [1.54, 1.807) is 7.11 Å². The number of rotatable bonds is 4. The number of nitrogens with zero attached hydrogens (tertiary/aromatic N) is 2. The van der Waals surface area contributed by atoms with Crippen LogP contribution in [0.25, 0.3) is 0 Å². The molecule has 5 nitrogen and oxygen atoms in total. The van der Waals surface area contributed by atoms with Crippen LogP contribution in [0.1, 0.15) is 32.1 Å². The van der Waals surface area contributed by atoms with Crippen LogP contribution >= 0.6 is 0 Å². The van der Waals surface area contributed by atoms with E-state index in [1.807, 2.05) is 23.1 Å². The number of piperazine rings is 1. The lowest BCUT2D eigenvalue weighted by molar-refractivity contribution is -0.136. The third-order valence-electron chi connectivity index (χ3n) is 5.07. The van der Waals surface area contributed by atoms with Crippen molar-refractivity contribution in [1.82, 2.24) is 4.90 Å². The number of hydrogen-bond donors (Lipinski definition) is 1. The van der Waals surface area contributed by atoms with E-state index >= 15 is 0 Å². The average Bonchev–Trinajstić information content (AvgIpc) is 3.01. The molecule has 0 unspecified atom stereocenters. The van der Waals surface area contributed by atoms with Crippen molar-refractivity contribution in [2.75, 3.05) is 38.2 Å². The molecule has 2 fully saturated rings. The Kier molecular flexibility index (Phi) is 4.76. The van der Waals surface area contributed by atoms with Gasteiger partial charge in [-0.15, -0.1) is 0 Å². The maximum Gasteiger partial charge on any atom is 0.225 e. The molecule has 1 aliphatic carbocycles. The second kappa shape index (κ2) is 6.79. The number of amides is 1. The monoisotopic (exact) mass is 318 g/mol. The van der Waals surface area contributed by atoms with Crippen LogP contribution in [0.3, 0.4) is 0 Å². The van der Waals surface area contributed by atoms with Crippen molar-refractivity contribution < 1.29 is 14.6 Å². The maximum absolute atomic E-state index is 12.4. The Morgan fingerprint density at radius 2 is 1.91 bits per heavy atom. The molecule has 0 bridgehead atoms. The number of benzene rings is 1. The van der Waals surface area contributed by atoms with E-state index in [4.69, 9.17) is 4.74 Å². The van der Waals surface area contributed by atoms with E-state index in [1.165, 1.54) is 0 Å². The molecule has 1 saturated heterocycles. The van der Waals surface area contributed by atoms with Gasteiger partial charge in [-0.3, -0.25) is 4.79 Å². The minimum Gasteiger partial charge on any atom is -0.497 e. The fourth-order valence-electron chi connectivity index (χ4n) is 3.62. The molecule has 1 saturated carbocycles. The molecule has 0 aromatic heterocycles. The van der Waals surface area contributed by atoms with Crippen LogP contribution < -0.4 is 9.64 Å². The first-order valence-corrected chi connectivity index (χ1v) is 8.49. The van der Waals surface area contributed by atoms with Crippen LogP contribution in [0.2, 0.25) is 0 Å². The number of hydrogen-bond acceptors (Lipinski definition) is 4. The zero-order valence-electron chi connectivity index (χ0n) is 13.8. The minimum absolute atomic E-state index is 0.0969. The summed E-state index contributed by atoms with van der Waals surface area (Å²) in [7, 11) is 1.67. The van der Waals surface area contributed by atoms with Gasteiger partial charge >= 0.3 is 0 Å². The zero-order chi connectivity index (χ0) is 16.3. The highest BCUT2D eigenvalue weighted by atomic mass is 16.5. The topological polar surface area (TPSA) is 53.0 Å². The van der Waals surface area contributed by atoms with Gasteiger partial charge in [0.2, 0.25) is 5.91 Å². The molecule has 1 aromatic rings. The van der Waals surface area contributed by atoms with E-state index in [0.717, 1.165) is 50.2 Å². The van der Waals surface area contributed by atoms with Crippen molar-refractivity contribution in [2.24, 2.45) is 0 Å². The molecule has 1 heterocycles. The molecule has 0 spiro atoms. The van der Waals surface area contributed by atoms with Crippen LogP contribution in [-0.2, 0) is 4.79 Å². The van der Waals surface area contributed by atoms with Crippen molar-refractivity contribution in [1.29, 1.82) is 0 Å². The van der Waals surface area contributed by atoms with Gasteiger partial charge < -0.3 is 19.6 Å². The normalized spacial score (nSPS) is 20.6. The summed E-state index contributed by atoms with van der Waals surface area (Å²) in [6.45, 7) is 3.06. The molecule has 0 radical (unpaired) electrons. The fourth-order valence-corrected chi connectivity index (χ4v) is 3.62. The summed E-state index contributed by atoms with van der Waals surface area (Å²) in [5.74, 6) is 0.948. The van der Waals surface area contributed by atoms with Crippen LogP contribution in [0.15, 0.2) is 24.3 Å². The molecule has 0 atom stereocenters. The lowest BCUT2D eigenvalue weighted by Gasteiger charge is -2.37. The van der Waals surface area contributed by atoms with Crippen molar-refractivity contribution in [3.63, 3.8) is 0 Å². The first-order valence-electron chi connectivity index (χ1n) is 8.49. The second-order valence-corrected chi connectivity index (χ2v) is 6.68. The van der Waals surface area contributed by atoms with Gasteiger partial charge in [0, 0.05) is 37.9 Å². The first-order chi connectivity index (χ1) is 11.1. The molecule has 126 valence electrons. The van der Waals surface area contributed by atoms with Gasteiger partial charge in [0.1, 0.15) is 5.75 Å². The number of methoxy groups -OCH3 is 1. The third-order valence-corrected chi connectivity index (χ3v) is 5.07. The molecule has 5 heteroatoms. The van der Waals surface area contributed by atoms with Crippen LogP contribution in [0.5, 0.6) is 5.75 Å². The predicted octanol–water partition coefficient (Wildman–Crippen LogP) is 2.04. The Bertz CT molecular complexity index is 547. The van der Waals surface area contributed by atoms with Gasteiger partial charge in [-0.05, 0) is 25.0 Å². The zero-order valence-corrected chi connectivity index (χ0v) is 13.8. The summed E-state index contributed by atoms with van der Waals surface area (Å²) in [6, 6.07) is 8.02. The van der Waals surface area contributed by atoms with Crippen molar-refractivity contribution in [3.8, 4) is 5.75 Å². The molecular weight excluding hydrogens is 292 g/mol. The highest BCUT2D eigenvalue weighted by Crippen LogP contribution is 2.33. The molecule has 3 rings (SSSR count). The summed E-state index contributed by atoms with van der Waals surface area (Å²) in [5, 5.41) is 10.4. The van der Waals surface area contributed by atoms with Crippen molar-refractivity contribution in [3.05, 3.63) is 24.3 Å². The van der Waals surface area contributed by atoms with Gasteiger partial charge in [0.15, 0.2) is 0 Å². The van der Waals surface area contributed by atoms with Crippen molar-refractivity contribution in [2.45, 2.75) is 37.7 Å². The lowest BCUT2D eigenvalue weighted by Crippen LogP contribution is -2.50. The van der Waals surface area contributed by atoms with Gasteiger partial charge in [0.25, 0.3) is 0 Å². The van der Waals surface area contributed by atoms with Gasteiger partial charge in [0.05, 0.1) is 19.1 Å². The fraction of sp³-hybridized carbons (Fsp3) is 0.611. The third kappa shape index (κ3) is 3.78. The molecule has 1 aliphatic heterocycles. The van der Waals surface area contributed by atoms with E-state index in [0.29, 0.717) is 13.1 Å². The summed E-state index contributed by atoms with van der Waals surface area (Å²) in [4.78, 5) is 16.6. The standard InChI is InChI=1S/C18H26N2O3/c1-23-16-6-4-5-15(13-16)19-9-11-20(12-10-19)17(21)14-18(22)7-2-3-8-18/h4-6,13,22H,2-3,7-12,14H2,1H3. The van der Waals surface area contributed by atoms with Gasteiger partial charge in [-0.25, -0.2) is 0 Å². The highest BCUT2D eigenvalue weighted by Gasteiger charge is 2.35. The van der Waals surface area contributed by atoms with Crippen LogP contribution in [0.4, 0.5) is 5.69 Å². The average molecular weight is 318 g/mol. The molecule has 1 N–H and O–H groups in total. The summed E-state index contributed by atoms with van der Waals surface area (Å²) in [5.41, 5.74) is 0.381. The molecule has 23 heavy (non-hydrogen) atoms. The minimum atomic E-state index is -0.749. The number of carbonyl (C=O) groups excluding carboxylic acids is 1. The Labute approximate surface area is 137 Å². The summed E-state index contributed by atoms with van der Waals surface area (Å²) < 4.78 is 5.27. The van der Waals surface area contributed by atoms with Crippen LogP contribution in [0, 0.1) is 0 Å². The highest BCUT2D eigenvalue weighted by molar-refractivity contribution is 5.77. The van der Waals surface area contributed by atoms with E-state index in [2.05, 4.69) is 11.0 Å². The smallest absolute Gasteiger partial charge is 0.225 e. The Hall–Kier alpha value is -1.75. The summed E-state index contributed by atoms with van der Waals surface area (Å²) in [6.07, 6.45) is 3.89. The predicted molar refractivity (Wildman–Crippen MR) is 89.8 cm³/mol. The van der Waals surface area contributed by atoms with Gasteiger partial charge in [-0.2, -0.15) is 0 Å². The lowest BCUT2D eigenvalue weighted by atomic mass is 9.97. The maximum atomic E-state index is 12.4. The first kappa shape index (κ1) is 16.1. The van der Waals surface area contributed by atoms with Crippen molar-refractivity contribution >= 4 is 11.6 Å². The Morgan fingerprint density at radius 1 is 1.22 bits per heavy atom. The largest absolute Gasteiger partial charge is 0.497 e. The van der Waals surface area contributed by atoms with E-state index < -0.39 is 5.60 Å². The Morgan fingerprint density at radius 3 is 2.57 bits per heavy atom. The van der Waals surface area contributed by atoms with Crippen LogP contribution in [-0.4, -0.2) is 54.8 Å². The molecule has 1 aromatic carbocycles. The number of anilines is 1. The molecular formula is C18H26N2O3. The second-order valence-electron chi connectivity index (χ2n) is 6.68. The van der Waals surface area contributed by atoms with Gasteiger partial charge in [-0.1, -0.05) is 18.9 Å². The SMILES string of the molecule is COc1cccc(N2CCN(C(=O)CC3(O)CCCC3)CC2)c1. The van der Waals surface area contributed by atoms with E-state index in [-0.39, 0.29) is 12.3 Å². The Balaban J connectivity index is 1.54. The molecule has 2 aliphatic rings. The number of ether oxygens (including phenoxy) is 1. The summed E-state index contributed by atoms with van der Waals surface area (Å²) >= 11 is 0. The quantitative estimate of drug-likeness (QED) is 0.923. The molecule has 1 amide bonds. The number of carbonyl (C=O) groups is 1. The number of aliphatic hydroxyl groups is 1.